The van der Waals surface area contributed by atoms with Crippen LogP contribution >= 0.6 is 0 Å². The van der Waals surface area contributed by atoms with E-state index in [1.165, 1.54) is 0 Å². The smallest absolute Gasteiger partial charge is 0.329 e. The van der Waals surface area contributed by atoms with Gasteiger partial charge in [-0.1, -0.05) is 13.8 Å². The van der Waals surface area contributed by atoms with Crippen LogP contribution < -0.4 is 11.1 Å². The first kappa shape index (κ1) is 14.9. The molecule has 0 saturated carbocycles. The van der Waals surface area contributed by atoms with E-state index < -0.39 is 12.0 Å². The summed E-state index contributed by atoms with van der Waals surface area (Å²) >= 11 is 0. The van der Waals surface area contributed by atoms with Crippen molar-refractivity contribution in [3.63, 3.8) is 0 Å². The summed E-state index contributed by atoms with van der Waals surface area (Å²) < 4.78 is 4.75. The molecule has 1 atom stereocenters. The second kappa shape index (κ2) is 8.06. The maximum atomic E-state index is 11.4. The number of aliphatic carboxylic acids is 1. The lowest BCUT2D eigenvalue weighted by atomic mass is 10.0. The van der Waals surface area contributed by atoms with Crippen LogP contribution in [0.25, 0.3) is 0 Å². The predicted molar refractivity (Wildman–Crippen MR) is 58.9 cm³/mol. The molecule has 0 heterocycles. The molecular weight excluding hydrogens is 212 g/mol. The number of carbonyl (C=O) groups excluding carboxylic acids is 1. The van der Waals surface area contributed by atoms with E-state index in [1.54, 1.807) is 0 Å². The minimum absolute atomic E-state index is 0.173. The average Bonchev–Trinajstić information content (AvgIpc) is 2.15. The third-order valence-corrected chi connectivity index (χ3v) is 1.83. The molecule has 0 aliphatic heterocycles. The number of carboxylic acid groups (broad SMARTS) is 1. The number of nitrogens with one attached hydrogen (secondary N) is 1. The molecular formula is C10H20N2O4. The zero-order chi connectivity index (χ0) is 12.6. The monoisotopic (exact) mass is 232 g/mol. The lowest BCUT2D eigenvalue weighted by Gasteiger charge is -2.13. The number of ether oxygens (including phenoxy) is 1. The number of hydrogen-bond donors (Lipinski definition) is 3. The summed E-state index contributed by atoms with van der Waals surface area (Å²) in [6.07, 6.45) is 0.627. The molecule has 0 aromatic heterocycles. The van der Waals surface area contributed by atoms with Crippen LogP contribution in [0.15, 0.2) is 0 Å². The molecule has 0 aromatic carbocycles. The topological polar surface area (TPSA) is 102 Å². The molecule has 6 nitrogen and oxygen atoms in total. The van der Waals surface area contributed by atoms with Crippen LogP contribution in [0.1, 0.15) is 20.3 Å². The molecule has 4 N–H and O–H groups in total. The molecule has 0 radical (unpaired) electrons. The van der Waals surface area contributed by atoms with Crippen molar-refractivity contribution in [2.45, 2.75) is 26.3 Å². The molecule has 94 valence electrons. The average molecular weight is 232 g/mol. The standard InChI is InChI=1S/C10H20N2O4/c1-7(2)5-8(11)10(15)12-3-4-16-6-9(13)14/h7-8H,3-6,11H2,1-2H3,(H,12,15)(H,13,14)/t8-/m0/s1. The Morgan fingerprint density at radius 2 is 2.06 bits per heavy atom. The Labute approximate surface area is 95.1 Å². The normalized spacial score (nSPS) is 12.5. The Bertz CT molecular complexity index is 231. The SMILES string of the molecule is CC(C)C[C@H](N)C(=O)NCCOCC(=O)O. The maximum absolute atomic E-state index is 11.4. The fourth-order valence-corrected chi connectivity index (χ4v) is 1.15. The van der Waals surface area contributed by atoms with Crippen molar-refractivity contribution in [1.82, 2.24) is 5.32 Å². The second-order valence-corrected chi connectivity index (χ2v) is 3.97. The van der Waals surface area contributed by atoms with Crippen LogP contribution in [0, 0.1) is 5.92 Å². The maximum Gasteiger partial charge on any atom is 0.329 e. The van der Waals surface area contributed by atoms with Crippen molar-refractivity contribution in [3.8, 4) is 0 Å². The Kier molecular flexibility index (Phi) is 7.49. The molecule has 0 aliphatic carbocycles. The van der Waals surface area contributed by atoms with E-state index in [9.17, 15) is 9.59 Å². The van der Waals surface area contributed by atoms with E-state index in [0.29, 0.717) is 12.3 Å². The first-order chi connectivity index (χ1) is 7.43. The number of rotatable bonds is 8. The van der Waals surface area contributed by atoms with Gasteiger partial charge in [0.2, 0.25) is 5.91 Å². The summed E-state index contributed by atoms with van der Waals surface area (Å²) in [4.78, 5) is 21.5. The van der Waals surface area contributed by atoms with Crippen LogP contribution in [-0.4, -0.2) is 42.8 Å². The van der Waals surface area contributed by atoms with Gasteiger partial charge in [-0.05, 0) is 12.3 Å². The van der Waals surface area contributed by atoms with Gasteiger partial charge >= 0.3 is 5.97 Å². The van der Waals surface area contributed by atoms with Crippen LogP contribution in [0.2, 0.25) is 0 Å². The lowest BCUT2D eigenvalue weighted by Crippen LogP contribution is -2.42. The van der Waals surface area contributed by atoms with Crippen molar-refractivity contribution >= 4 is 11.9 Å². The van der Waals surface area contributed by atoms with Gasteiger partial charge < -0.3 is 20.9 Å². The Hall–Kier alpha value is -1.14. The molecule has 6 heteroatoms. The highest BCUT2D eigenvalue weighted by Gasteiger charge is 2.13. The largest absolute Gasteiger partial charge is 0.480 e. The summed E-state index contributed by atoms with van der Waals surface area (Å²) in [5.74, 6) is -0.889. The van der Waals surface area contributed by atoms with Crippen LogP contribution in [0.5, 0.6) is 0 Å². The number of amides is 1. The van der Waals surface area contributed by atoms with Gasteiger partial charge in [-0.25, -0.2) is 4.79 Å². The Balaban J connectivity index is 3.53. The zero-order valence-corrected chi connectivity index (χ0v) is 9.73. The minimum Gasteiger partial charge on any atom is -0.480 e. The van der Waals surface area contributed by atoms with E-state index in [1.807, 2.05) is 13.8 Å². The quantitative estimate of drug-likeness (QED) is 0.493. The first-order valence-corrected chi connectivity index (χ1v) is 5.26. The van der Waals surface area contributed by atoms with Crippen molar-refractivity contribution in [2.75, 3.05) is 19.8 Å². The zero-order valence-electron chi connectivity index (χ0n) is 9.73. The number of nitrogens with two attached hydrogens (primary N) is 1. The van der Waals surface area contributed by atoms with E-state index in [0.717, 1.165) is 0 Å². The van der Waals surface area contributed by atoms with Gasteiger partial charge in [0.25, 0.3) is 0 Å². The van der Waals surface area contributed by atoms with Gasteiger partial charge in [-0.2, -0.15) is 0 Å². The van der Waals surface area contributed by atoms with Crippen molar-refractivity contribution in [3.05, 3.63) is 0 Å². The molecule has 0 bridgehead atoms. The van der Waals surface area contributed by atoms with Gasteiger partial charge in [0.15, 0.2) is 0 Å². The number of hydrogen-bond acceptors (Lipinski definition) is 4. The molecule has 16 heavy (non-hydrogen) atoms. The van der Waals surface area contributed by atoms with Crippen molar-refractivity contribution < 1.29 is 19.4 Å². The molecule has 0 spiro atoms. The van der Waals surface area contributed by atoms with Gasteiger partial charge in [-0.15, -0.1) is 0 Å². The summed E-state index contributed by atoms with van der Waals surface area (Å²) in [6, 6.07) is -0.514. The van der Waals surface area contributed by atoms with Crippen molar-refractivity contribution in [1.29, 1.82) is 0 Å². The highest BCUT2D eigenvalue weighted by Crippen LogP contribution is 2.02. The predicted octanol–water partition coefficient (Wildman–Crippen LogP) is -0.423. The molecule has 0 aromatic rings. The fourth-order valence-electron chi connectivity index (χ4n) is 1.15. The third-order valence-electron chi connectivity index (χ3n) is 1.83. The fraction of sp³-hybridized carbons (Fsp3) is 0.800. The Morgan fingerprint density at radius 1 is 1.44 bits per heavy atom. The van der Waals surface area contributed by atoms with Crippen LogP contribution in [0.3, 0.4) is 0 Å². The molecule has 0 aliphatic rings. The second-order valence-electron chi connectivity index (χ2n) is 3.97. The van der Waals surface area contributed by atoms with Gasteiger partial charge in [0.1, 0.15) is 6.61 Å². The highest BCUT2D eigenvalue weighted by molar-refractivity contribution is 5.81. The van der Waals surface area contributed by atoms with Crippen LogP contribution in [0.4, 0.5) is 0 Å². The van der Waals surface area contributed by atoms with E-state index in [2.05, 4.69) is 5.32 Å². The van der Waals surface area contributed by atoms with Gasteiger partial charge in [0.05, 0.1) is 12.6 Å². The third kappa shape index (κ3) is 8.19. The van der Waals surface area contributed by atoms with E-state index in [4.69, 9.17) is 15.6 Å². The summed E-state index contributed by atoms with van der Waals surface area (Å²) in [7, 11) is 0. The van der Waals surface area contributed by atoms with Gasteiger partial charge in [0, 0.05) is 6.54 Å². The molecule has 0 fully saturated rings. The molecule has 0 rings (SSSR count). The van der Waals surface area contributed by atoms with Gasteiger partial charge in [-0.3, -0.25) is 4.79 Å². The molecule has 0 saturated heterocycles. The summed E-state index contributed by atoms with van der Waals surface area (Å²) in [5, 5.41) is 10.9. The summed E-state index contributed by atoms with van der Waals surface area (Å²) in [5.41, 5.74) is 5.63. The minimum atomic E-state index is -1.03. The molecule has 1 amide bonds. The highest BCUT2D eigenvalue weighted by atomic mass is 16.5. The Morgan fingerprint density at radius 3 is 2.56 bits per heavy atom. The first-order valence-electron chi connectivity index (χ1n) is 5.26. The van der Waals surface area contributed by atoms with E-state index in [-0.39, 0.29) is 25.7 Å². The summed E-state index contributed by atoms with van der Waals surface area (Å²) in [6.45, 7) is 4.07. The number of carbonyl (C=O) groups is 2. The molecule has 0 unspecified atom stereocenters. The number of carboxylic acids is 1. The van der Waals surface area contributed by atoms with E-state index >= 15 is 0 Å². The lowest BCUT2D eigenvalue weighted by molar-refractivity contribution is -0.142. The van der Waals surface area contributed by atoms with Crippen LogP contribution in [-0.2, 0) is 14.3 Å². The van der Waals surface area contributed by atoms with Crippen molar-refractivity contribution in [2.24, 2.45) is 11.7 Å².